The molecule has 0 aromatic heterocycles. The summed E-state index contributed by atoms with van der Waals surface area (Å²) in [6.45, 7) is 8.64. The van der Waals surface area contributed by atoms with Crippen LogP contribution in [0.2, 0.25) is 0 Å². The molecule has 1 heteroatoms. The second-order valence-electron chi connectivity index (χ2n) is 4.64. The smallest absolute Gasteiger partial charge is 0.332 e. The van der Waals surface area contributed by atoms with Gasteiger partial charge in [0.15, 0.2) is 0 Å². The molecule has 0 aromatic carbocycles. The first kappa shape index (κ1) is 22.7. The Morgan fingerprint density at radius 3 is 1.06 bits per heavy atom. The maximum atomic E-state index is 2.23. The van der Waals surface area contributed by atoms with Crippen LogP contribution in [0.5, 0.6) is 0 Å². The number of unbranched alkanes of at least 4 members (excludes halogenated alkanes) is 4. The molecule has 0 nitrogen and oxygen atoms in total. The average molecular weight is 234 g/mol. The Balaban J connectivity index is -0.000000172. The Morgan fingerprint density at radius 2 is 0.941 bits per heavy atom. The van der Waals surface area contributed by atoms with Crippen molar-refractivity contribution in [2.45, 2.75) is 98.3 Å². The molecule has 1 aliphatic carbocycles. The van der Waals surface area contributed by atoms with Crippen molar-refractivity contribution < 1.29 is 18.9 Å². The maximum absolute atomic E-state index is 2.23. The minimum atomic E-state index is 0. The summed E-state index contributed by atoms with van der Waals surface area (Å²) in [5.74, 6) is 0. The maximum Gasteiger partial charge on any atom is 1.00 e. The van der Waals surface area contributed by atoms with E-state index in [1.54, 1.807) is 0 Å². The predicted octanol–water partition coefficient (Wildman–Crippen LogP) is 3.55. The SMILES string of the molecule is C1CCCCC1.CCCCCC.C[CH-]CC.[Li+]. The quantitative estimate of drug-likeness (QED) is 0.396. The van der Waals surface area contributed by atoms with Gasteiger partial charge in [-0.1, -0.05) is 85.0 Å². The number of hydrogen-bond donors (Lipinski definition) is 0. The average Bonchev–Trinajstić information content (AvgIpc) is 2.39. The minimum absolute atomic E-state index is 0. The number of rotatable bonds is 4. The van der Waals surface area contributed by atoms with E-state index in [2.05, 4.69) is 34.1 Å². The van der Waals surface area contributed by atoms with Gasteiger partial charge in [0.2, 0.25) is 0 Å². The largest absolute Gasteiger partial charge is 1.00 e. The summed E-state index contributed by atoms with van der Waals surface area (Å²) in [7, 11) is 0. The van der Waals surface area contributed by atoms with E-state index < -0.39 is 0 Å². The first-order chi connectivity index (χ1) is 7.83. The van der Waals surface area contributed by atoms with E-state index in [-0.39, 0.29) is 18.9 Å². The molecular formula is C16H35Li. The van der Waals surface area contributed by atoms with Gasteiger partial charge < -0.3 is 6.42 Å². The first-order valence-corrected chi connectivity index (χ1v) is 7.61. The molecule has 0 unspecified atom stereocenters. The van der Waals surface area contributed by atoms with Gasteiger partial charge in [-0.25, -0.2) is 0 Å². The molecule has 100 valence electrons. The molecule has 1 rings (SSSR count). The Kier molecular flexibility index (Phi) is 34.0. The van der Waals surface area contributed by atoms with Gasteiger partial charge in [-0.05, 0) is 0 Å². The van der Waals surface area contributed by atoms with Gasteiger partial charge in [0.1, 0.15) is 0 Å². The van der Waals surface area contributed by atoms with Gasteiger partial charge in [0.05, 0.1) is 0 Å². The standard InChI is InChI=1S/C6H12.C6H14.C4H9.Li/c1-2-4-6-5-3-1;1-3-5-6-4-2;1-3-4-2;/h1-6H2;3-6H2,1-2H3;3H,4H2,1-2H3;/q;;-1;+1. The van der Waals surface area contributed by atoms with E-state index in [1.165, 1.54) is 70.6 Å². The number of hydrogen-bond acceptors (Lipinski definition) is 0. The molecule has 1 aliphatic rings. The van der Waals surface area contributed by atoms with Crippen molar-refractivity contribution in [2.75, 3.05) is 0 Å². The molecule has 0 bridgehead atoms. The van der Waals surface area contributed by atoms with Crippen LogP contribution in [0.4, 0.5) is 0 Å². The van der Waals surface area contributed by atoms with E-state index in [4.69, 9.17) is 0 Å². The van der Waals surface area contributed by atoms with Gasteiger partial charge in [-0.2, -0.15) is 13.3 Å². The molecular weight excluding hydrogens is 199 g/mol. The molecule has 17 heavy (non-hydrogen) atoms. The molecule has 0 aliphatic heterocycles. The molecule has 0 atom stereocenters. The molecule has 0 spiro atoms. The van der Waals surface area contributed by atoms with Gasteiger partial charge >= 0.3 is 18.9 Å². The van der Waals surface area contributed by atoms with Crippen molar-refractivity contribution in [3.05, 3.63) is 6.42 Å². The van der Waals surface area contributed by atoms with Crippen molar-refractivity contribution >= 4 is 0 Å². The zero-order chi connectivity index (χ0) is 12.5. The molecule has 0 heterocycles. The topological polar surface area (TPSA) is 0 Å². The monoisotopic (exact) mass is 234 g/mol. The normalized spacial score (nSPS) is 13.4. The van der Waals surface area contributed by atoms with Crippen LogP contribution in [-0.2, 0) is 0 Å². The van der Waals surface area contributed by atoms with Crippen molar-refractivity contribution in [2.24, 2.45) is 0 Å². The van der Waals surface area contributed by atoms with Gasteiger partial charge in [0.25, 0.3) is 0 Å². The summed E-state index contributed by atoms with van der Waals surface area (Å²) in [4.78, 5) is 0. The summed E-state index contributed by atoms with van der Waals surface area (Å²) < 4.78 is 0. The molecule has 1 fully saturated rings. The van der Waals surface area contributed by atoms with Crippen molar-refractivity contribution in [1.29, 1.82) is 0 Å². The van der Waals surface area contributed by atoms with Crippen LogP contribution in [0, 0.1) is 6.42 Å². The van der Waals surface area contributed by atoms with E-state index >= 15 is 0 Å². The van der Waals surface area contributed by atoms with Crippen LogP contribution in [0.25, 0.3) is 0 Å². The second kappa shape index (κ2) is 25.4. The Morgan fingerprint density at radius 1 is 0.706 bits per heavy atom. The fourth-order valence-corrected chi connectivity index (χ4v) is 1.56. The Hall–Kier alpha value is 0.597. The third-order valence-electron chi connectivity index (χ3n) is 2.87. The fraction of sp³-hybridized carbons (Fsp3) is 0.938. The summed E-state index contributed by atoms with van der Waals surface area (Å²) in [5.41, 5.74) is 0. The van der Waals surface area contributed by atoms with E-state index in [1.807, 2.05) is 0 Å². The van der Waals surface area contributed by atoms with Crippen LogP contribution >= 0.6 is 0 Å². The van der Waals surface area contributed by atoms with E-state index in [9.17, 15) is 0 Å². The first-order valence-electron chi connectivity index (χ1n) is 7.61. The third-order valence-corrected chi connectivity index (χ3v) is 2.87. The Bertz CT molecular complexity index is 70.0. The summed E-state index contributed by atoms with van der Waals surface area (Å²) >= 11 is 0. The van der Waals surface area contributed by atoms with Crippen LogP contribution in [0.1, 0.15) is 98.3 Å². The molecule has 0 aromatic rings. The summed E-state index contributed by atoms with van der Waals surface area (Å²) in [5, 5.41) is 0. The predicted molar refractivity (Wildman–Crippen MR) is 77.8 cm³/mol. The fourth-order valence-electron chi connectivity index (χ4n) is 1.56. The van der Waals surface area contributed by atoms with Crippen LogP contribution in [0.3, 0.4) is 0 Å². The van der Waals surface area contributed by atoms with Crippen LogP contribution in [0.15, 0.2) is 0 Å². The van der Waals surface area contributed by atoms with Crippen molar-refractivity contribution in [3.8, 4) is 0 Å². The molecule has 0 radical (unpaired) electrons. The summed E-state index contributed by atoms with van der Waals surface area (Å²) in [6.07, 6.45) is 17.9. The molecule has 0 saturated heterocycles. The van der Waals surface area contributed by atoms with E-state index in [0.29, 0.717) is 0 Å². The van der Waals surface area contributed by atoms with Crippen LogP contribution in [-0.4, -0.2) is 0 Å². The van der Waals surface area contributed by atoms with E-state index in [0.717, 1.165) is 0 Å². The van der Waals surface area contributed by atoms with Crippen LogP contribution < -0.4 is 18.9 Å². The van der Waals surface area contributed by atoms with Crippen molar-refractivity contribution in [1.82, 2.24) is 0 Å². The third kappa shape index (κ3) is 31.5. The summed E-state index contributed by atoms with van der Waals surface area (Å²) in [6, 6.07) is 0. The second-order valence-corrected chi connectivity index (χ2v) is 4.64. The molecule has 0 N–H and O–H groups in total. The van der Waals surface area contributed by atoms with Crippen molar-refractivity contribution in [3.63, 3.8) is 0 Å². The zero-order valence-corrected chi connectivity index (χ0v) is 13.4. The van der Waals surface area contributed by atoms with Gasteiger partial charge in [-0.3, -0.25) is 0 Å². The Labute approximate surface area is 124 Å². The zero-order valence-electron chi connectivity index (χ0n) is 13.4. The van der Waals surface area contributed by atoms with Gasteiger partial charge in [0, 0.05) is 0 Å². The minimum Gasteiger partial charge on any atom is -0.332 e. The van der Waals surface area contributed by atoms with Gasteiger partial charge in [-0.15, -0.1) is 0 Å². The molecule has 1 saturated carbocycles. The molecule has 0 amide bonds.